The molecule has 0 aliphatic heterocycles. The third-order valence-corrected chi connectivity index (χ3v) is 4.81. The Morgan fingerprint density at radius 3 is 2.90 bits per heavy atom. The first kappa shape index (κ1) is 16.4. The van der Waals surface area contributed by atoms with Crippen molar-refractivity contribution >= 4 is 17.7 Å². The van der Waals surface area contributed by atoms with Gasteiger partial charge in [-0.15, -0.1) is 0 Å². The van der Waals surface area contributed by atoms with Gasteiger partial charge in [-0.3, -0.25) is 4.79 Å². The van der Waals surface area contributed by atoms with E-state index in [1.165, 1.54) is 11.8 Å². The molecule has 2 rings (SSSR count). The average Bonchev–Trinajstić information content (AvgIpc) is 3.02. The fraction of sp³-hybridized carbons (Fsp3) is 0.733. The standard InChI is InChI=1S/C15H25N3O2S/c1-15(2,3)18-8-7-16-14(18)21-10-13(20)17-9-11-5-4-6-12(11)19/h7-8,11-12,19H,4-6,9-10H2,1-3H3,(H,17,20). The van der Waals surface area contributed by atoms with Crippen LogP contribution in [0.1, 0.15) is 40.0 Å². The molecule has 1 saturated carbocycles. The predicted octanol–water partition coefficient (Wildman–Crippen LogP) is 2.01. The molecule has 0 radical (unpaired) electrons. The maximum absolute atomic E-state index is 11.9. The van der Waals surface area contributed by atoms with E-state index in [0.29, 0.717) is 12.3 Å². The number of carbonyl (C=O) groups is 1. The minimum atomic E-state index is -0.252. The third kappa shape index (κ3) is 4.48. The lowest BCUT2D eigenvalue weighted by Gasteiger charge is -2.22. The molecule has 5 nitrogen and oxygen atoms in total. The molecule has 1 aliphatic rings. The predicted molar refractivity (Wildman–Crippen MR) is 84.3 cm³/mol. The smallest absolute Gasteiger partial charge is 0.230 e. The summed E-state index contributed by atoms with van der Waals surface area (Å²) in [6.45, 7) is 6.91. The molecule has 2 N–H and O–H groups in total. The number of amides is 1. The highest BCUT2D eigenvalue weighted by Gasteiger charge is 2.25. The molecule has 0 aromatic carbocycles. The molecule has 2 atom stereocenters. The lowest BCUT2D eigenvalue weighted by Crippen LogP contribution is -2.33. The number of imidazole rings is 1. The van der Waals surface area contributed by atoms with Crippen LogP contribution in [0.5, 0.6) is 0 Å². The Morgan fingerprint density at radius 1 is 1.52 bits per heavy atom. The fourth-order valence-corrected chi connectivity index (χ4v) is 3.56. The monoisotopic (exact) mass is 311 g/mol. The normalized spacial score (nSPS) is 22.5. The molecule has 2 unspecified atom stereocenters. The Labute approximate surface area is 130 Å². The molecular weight excluding hydrogens is 286 g/mol. The maximum atomic E-state index is 11.9. The summed E-state index contributed by atoms with van der Waals surface area (Å²) in [5.41, 5.74) is -0.0384. The lowest BCUT2D eigenvalue weighted by molar-refractivity contribution is -0.118. The van der Waals surface area contributed by atoms with Gasteiger partial charge >= 0.3 is 0 Å². The van der Waals surface area contributed by atoms with Gasteiger partial charge in [0.1, 0.15) is 0 Å². The molecule has 1 aliphatic carbocycles. The molecule has 1 aromatic heterocycles. The molecule has 1 aromatic rings. The first-order valence-corrected chi connectivity index (χ1v) is 8.48. The summed E-state index contributed by atoms with van der Waals surface area (Å²) in [6, 6.07) is 0. The van der Waals surface area contributed by atoms with Crippen molar-refractivity contribution in [1.29, 1.82) is 0 Å². The highest BCUT2D eigenvalue weighted by atomic mass is 32.2. The summed E-state index contributed by atoms with van der Waals surface area (Å²) < 4.78 is 2.08. The Hall–Kier alpha value is -1.01. The number of aliphatic hydroxyl groups is 1. The molecule has 0 spiro atoms. The van der Waals surface area contributed by atoms with Gasteiger partial charge in [0.05, 0.1) is 11.9 Å². The average molecular weight is 311 g/mol. The van der Waals surface area contributed by atoms with Crippen LogP contribution in [0.4, 0.5) is 0 Å². The Balaban J connectivity index is 1.78. The molecule has 0 saturated heterocycles. The number of nitrogens with zero attached hydrogens (tertiary/aromatic N) is 2. The van der Waals surface area contributed by atoms with Gasteiger partial charge in [0.15, 0.2) is 5.16 Å². The van der Waals surface area contributed by atoms with Crippen LogP contribution in [0.25, 0.3) is 0 Å². The molecule has 118 valence electrons. The Morgan fingerprint density at radius 2 is 2.29 bits per heavy atom. The SMILES string of the molecule is CC(C)(C)n1ccnc1SCC(=O)NCC1CCCC1O. The number of aliphatic hydroxyl groups excluding tert-OH is 1. The number of hydrogen-bond acceptors (Lipinski definition) is 4. The van der Waals surface area contributed by atoms with E-state index in [1.807, 2.05) is 6.20 Å². The van der Waals surface area contributed by atoms with Crippen molar-refractivity contribution in [2.24, 2.45) is 5.92 Å². The van der Waals surface area contributed by atoms with Gasteiger partial charge in [-0.05, 0) is 33.6 Å². The number of aromatic nitrogens is 2. The first-order valence-electron chi connectivity index (χ1n) is 7.49. The van der Waals surface area contributed by atoms with Crippen molar-refractivity contribution in [3.05, 3.63) is 12.4 Å². The number of rotatable bonds is 5. The largest absolute Gasteiger partial charge is 0.393 e. The van der Waals surface area contributed by atoms with Crippen LogP contribution >= 0.6 is 11.8 Å². The lowest BCUT2D eigenvalue weighted by atomic mass is 10.1. The molecule has 1 amide bonds. The number of thioether (sulfide) groups is 1. The minimum absolute atomic E-state index is 0.00237. The summed E-state index contributed by atoms with van der Waals surface area (Å²) in [5, 5.41) is 13.5. The zero-order chi connectivity index (χ0) is 15.5. The summed E-state index contributed by atoms with van der Waals surface area (Å²) in [4.78, 5) is 16.2. The summed E-state index contributed by atoms with van der Waals surface area (Å²) in [5.74, 6) is 0.577. The minimum Gasteiger partial charge on any atom is -0.393 e. The number of hydrogen-bond donors (Lipinski definition) is 2. The Kier molecular flexibility index (Phi) is 5.32. The van der Waals surface area contributed by atoms with Crippen LogP contribution in [-0.4, -0.2) is 39.0 Å². The van der Waals surface area contributed by atoms with Crippen molar-refractivity contribution in [2.45, 2.75) is 56.8 Å². The van der Waals surface area contributed by atoms with E-state index in [2.05, 4.69) is 35.6 Å². The van der Waals surface area contributed by atoms with Crippen LogP contribution in [0.3, 0.4) is 0 Å². The van der Waals surface area contributed by atoms with Gasteiger partial charge in [-0.25, -0.2) is 4.98 Å². The van der Waals surface area contributed by atoms with Gasteiger partial charge in [-0.1, -0.05) is 18.2 Å². The summed E-state index contributed by atoms with van der Waals surface area (Å²) >= 11 is 1.45. The first-order chi connectivity index (χ1) is 9.88. The van der Waals surface area contributed by atoms with E-state index < -0.39 is 0 Å². The zero-order valence-electron chi connectivity index (χ0n) is 13.0. The van der Waals surface area contributed by atoms with Crippen LogP contribution in [-0.2, 0) is 10.3 Å². The van der Waals surface area contributed by atoms with Crippen molar-refractivity contribution in [3.63, 3.8) is 0 Å². The van der Waals surface area contributed by atoms with E-state index in [-0.39, 0.29) is 23.5 Å². The van der Waals surface area contributed by atoms with Crippen molar-refractivity contribution < 1.29 is 9.90 Å². The van der Waals surface area contributed by atoms with E-state index in [4.69, 9.17) is 0 Å². The highest BCUT2D eigenvalue weighted by Crippen LogP contribution is 2.25. The van der Waals surface area contributed by atoms with E-state index in [0.717, 1.165) is 24.4 Å². The molecule has 6 heteroatoms. The molecular formula is C15H25N3O2S. The Bertz CT molecular complexity index is 482. The topological polar surface area (TPSA) is 67.2 Å². The van der Waals surface area contributed by atoms with Gasteiger partial charge in [0, 0.05) is 30.4 Å². The number of carbonyl (C=O) groups excluding carboxylic acids is 1. The molecule has 1 fully saturated rings. The van der Waals surface area contributed by atoms with Gasteiger partial charge in [0.25, 0.3) is 0 Å². The van der Waals surface area contributed by atoms with E-state index in [9.17, 15) is 9.90 Å². The third-order valence-electron chi connectivity index (χ3n) is 3.84. The maximum Gasteiger partial charge on any atom is 0.230 e. The second-order valence-corrected chi connectivity index (χ2v) is 7.54. The second-order valence-electron chi connectivity index (χ2n) is 6.60. The van der Waals surface area contributed by atoms with Crippen LogP contribution < -0.4 is 5.32 Å². The highest BCUT2D eigenvalue weighted by molar-refractivity contribution is 7.99. The number of nitrogens with one attached hydrogen (secondary N) is 1. The zero-order valence-corrected chi connectivity index (χ0v) is 13.8. The van der Waals surface area contributed by atoms with Gasteiger partial charge < -0.3 is 15.0 Å². The van der Waals surface area contributed by atoms with Crippen molar-refractivity contribution in [2.75, 3.05) is 12.3 Å². The van der Waals surface area contributed by atoms with Gasteiger partial charge in [-0.2, -0.15) is 0 Å². The quantitative estimate of drug-likeness (QED) is 0.816. The molecule has 0 bridgehead atoms. The summed E-state index contributed by atoms with van der Waals surface area (Å²) in [7, 11) is 0. The van der Waals surface area contributed by atoms with Crippen LogP contribution in [0, 0.1) is 5.92 Å². The van der Waals surface area contributed by atoms with E-state index in [1.54, 1.807) is 6.20 Å². The second kappa shape index (κ2) is 6.83. The van der Waals surface area contributed by atoms with Crippen LogP contribution in [0.15, 0.2) is 17.6 Å². The van der Waals surface area contributed by atoms with Crippen molar-refractivity contribution in [3.8, 4) is 0 Å². The van der Waals surface area contributed by atoms with Crippen molar-refractivity contribution in [1.82, 2.24) is 14.9 Å². The molecule has 21 heavy (non-hydrogen) atoms. The molecule has 1 heterocycles. The fourth-order valence-electron chi connectivity index (χ4n) is 2.59. The summed E-state index contributed by atoms with van der Waals surface area (Å²) in [6.07, 6.45) is 6.37. The van der Waals surface area contributed by atoms with Gasteiger partial charge in [0.2, 0.25) is 5.91 Å². The van der Waals surface area contributed by atoms with Crippen LogP contribution in [0.2, 0.25) is 0 Å². The van der Waals surface area contributed by atoms with E-state index >= 15 is 0 Å².